The van der Waals surface area contributed by atoms with Crippen molar-refractivity contribution in [1.29, 1.82) is 0 Å². The number of esters is 1. The number of amides is 2. The number of carbonyl (C=O) groups excluding carboxylic acids is 3. The van der Waals surface area contributed by atoms with Crippen LogP contribution in [-0.2, 0) is 20.7 Å². The fourth-order valence-corrected chi connectivity index (χ4v) is 5.17. The van der Waals surface area contributed by atoms with Gasteiger partial charge in [-0.2, -0.15) is 0 Å². The van der Waals surface area contributed by atoms with Crippen LogP contribution in [0.2, 0.25) is 0 Å². The average Bonchev–Trinajstić information content (AvgIpc) is 3.50. The third-order valence-corrected chi connectivity index (χ3v) is 6.82. The van der Waals surface area contributed by atoms with Gasteiger partial charge in [0.2, 0.25) is 12.7 Å². The normalized spacial score (nSPS) is 18.2. The highest BCUT2D eigenvalue weighted by Crippen LogP contribution is 2.45. The number of anilines is 1. The van der Waals surface area contributed by atoms with Crippen molar-refractivity contribution < 1.29 is 28.6 Å². The molecule has 10 heteroatoms. The zero-order chi connectivity index (χ0) is 24.5. The number of nitrogens with zero attached hydrogens (tertiary/aromatic N) is 2. The van der Waals surface area contributed by atoms with Crippen molar-refractivity contribution in [3.05, 3.63) is 70.2 Å². The summed E-state index contributed by atoms with van der Waals surface area (Å²) in [6, 6.07) is 12.0. The van der Waals surface area contributed by atoms with E-state index in [0.29, 0.717) is 40.1 Å². The first kappa shape index (κ1) is 22.9. The topological polar surface area (TPSA) is 107 Å². The maximum atomic E-state index is 13.7. The third kappa shape index (κ3) is 4.32. The van der Waals surface area contributed by atoms with Crippen LogP contribution in [0, 0.1) is 0 Å². The van der Waals surface area contributed by atoms with E-state index in [0.717, 1.165) is 5.56 Å². The van der Waals surface area contributed by atoms with Crippen LogP contribution in [-0.4, -0.2) is 48.1 Å². The number of fused-ring (bicyclic) bond motifs is 2. The quantitative estimate of drug-likeness (QED) is 0.524. The third-order valence-electron chi connectivity index (χ3n) is 6.01. The van der Waals surface area contributed by atoms with Gasteiger partial charge in [0.15, 0.2) is 16.6 Å². The van der Waals surface area contributed by atoms with Gasteiger partial charge in [0.25, 0.3) is 5.91 Å². The van der Waals surface area contributed by atoms with E-state index >= 15 is 0 Å². The van der Waals surface area contributed by atoms with Gasteiger partial charge in [0, 0.05) is 18.0 Å². The molecule has 5 rings (SSSR count). The van der Waals surface area contributed by atoms with E-state index < -0.39 is 12.0 Å². The van der Waals surface area contributed by atoms with Gasteiger partial charge >= 0.3 is 5.97 Å². The second kappa shape index (κ2) is 9.38. The summed E-state index contributed by atoms with van der Waals surface area (Å²) < 4.78 is 15.9. The molecule has 2 aliphatic heterocycles. The fourth-order valence-electron chi connectivity index (χ4n) is 4.46. The largest absolute Gasteiger partial charge is 0.466 e. The molecular formula is C25H23N3O6S. The van der Waals surface area contributed by atoms with Gasteiger partial charge in [-0.15, -0.1) is 11.3 Å². The smallest absolute Gasteiger partial charge is 0.311 e. The van der Waals surface area contributed by atoms with Crippen LogP contribution in [0.3, 0.4) is 0 Å². The summed E-state index contributed by atoms with van der Waals surface area (Å²) in [4.78, 5) is 44.6. The minimum absolute atomic E-state index is 0.0313. The Kier molecular flexibility index (Phi) is 6.12. The Morgan fingerprint density at radius 3 is 2.83 bits per heavy atom. The number of thiazole rings is 1. The number of nitrogens with one attached hydrogen (secondary N) is 1. The van der Waals surface area contributed by atoms with E-state index in [1.165, 1.54) is 11.3 Å². The predicted octanol–water partition coefficient (Wildman–Crippen LogP) is 3.53. The number of hydrogen-bond donors (Lipinski definition) is 1. The van der Waals surface area contributed by atoms with E-state index in [2.05, 4.69) is 10.3 Å². The molecule has 0 bridgehead atoms. The average molecular weight is 494 g/mol. The molecule has 3 heterocycles. The van der Waals surface area contributed by atoms with Crippen molar-refractivity contribution in [2.24, 2.45) is 0 Å². The summed E-state index contributed by atoms with van der Waals surface area (Å²) >= 11 is 1.23. The lowest BCUT2D eigenvalue weighted by molar-refractivity contribution is -0.142. The van der Waals surface area contributed by atoms with Crippen LogP contribution in [0.15, 0.2) is 47.8 Å². The molecule has 0 fully saturated rings. The standard InChI is InChI=1S/C25H23N3O6S/c1-3-32-20(29)11-15-12-35-25(26-15)27-23(30)21-16-6-4-5-7-17(16)24(31)28(2)22(21)14-8-9-18-19(10-14)34-13-33-18/h4-10,12,21-22H,3,11,13H2,1-2H3,(H,26,27,30)/t21-,22+/m0/s1. The lowest BCUT2D eigenvalue weighted by Crippen LogP contribution is -2.44. The van der Waals surface area contributed by atoms with E-state index in [4.69, 9.17) is 14.2 Å². The second-order valence-corrected chi connectivity index (χ2v) is 9.01. The molecule has 0 aliphatic carbocycles. The number of ether oxygens (including phenoxy) is 3. The molecule has 0 radical (unpaired) electrons. The van der Waals surface area contributed by atoms with Gasteiger partial charge in [-0.25, -0.2) is 4.98 Å². The predicted molar refractivity (Wildman–Crippen MR) is 128 cm³/mol. The van der Waals surface area contributed by atoms with Gasteiger partial charge in [0.05, 0.1) is 30.7 Å². The Bertz CT molecular complexity index is 1310. The van der Waals surface area contributed by atoms with Crippen LogP contribution in [0.25, 0.3) is 0 Å². The summed E-state index contributed by atoms with van der Waals surface area (Å²) in [5.74, 6) is -0.358. The molecule has 1 N–H and O–H groups in total. The second-order valence-electron chi connectivity index (χ2n) is 8.15. The van der Waals surface area contributed by atoms with Gasteiger partial charge in [-0.3, -0.25) is 14.4 Å². The Labute approximate surface area is 205 Å². The van der Waals surface area contributed by atoms with Crippen LogP contribution in [0.4, 0.5) is 5.13 Å². The van der Waals surface area contributed by atoms with E-state index in [1.54, 1.807) is 48.5 Å². The first-order chi connectivity index (χ1) is 17.0. The minimum atomic E-state index is -0.702. The molecule has 0 saturated heterocycles. The molecule has 2 atom stereocenters. The maximum Gasteiger partial charge on any atom is 0.311 e. The van der Waals surface area contributed by atoms with Crippen molar-refractivity contribution in [1.82, 2.24) is 9.88 Å². The van der Waals surface area contributed by atoms with Crippen molar-refractivity contribution in [2.45, 2.75) is 25.3 Å². The highest BCUT2D eigenvalue weighted by Gasteiger charge is 2.43. The highest BCUT2D eigenvalue weighted by atomic mass is 32.1. The zero-order valence-corrected chi connectivity index (χ0v) is 20.0. The van der Waals surface area contributed by atoms with E-state index in [9.17, 15) is 14.4 Å². The molecule has 3 aromatic rings. The number of benzene rings is 2. The zero-order valence-electron chi connectivity index (χ0n) is 19.1. The number of likely N-dealkylation sites (N-methyl/N-ethyl adjacent to an activating group) is 1. The van der Waals surface area contributed by atoms with E-state index in [-0.39, 0.29) is 31.0 Å². The summed E-state index contributed by atoms with van der Waals surface area (Å²) in [5, 5.41) is 4.97. The molecular weight excluding hydrogens is 470 g/mol. The Balaban J connectivity index is 1.48. The van der Waals surface area contributed by atoms with Gasteiger partial charge in [0.1, 0.15) is 0 Å². The number of hydrogen-bond acceptors (Lipinski definition) is 8. The number of carbonyl (C=O) groups is 3. The van der Waals surface area contributed by atoms with Crippen LogP contribution < -0.4 is 14.8 Å². The Morgan fingerprint density at radius 1 is 1.20 bits per heavy atom. The molecule has 2 aliphatic rings. The van der Waals surface area contributed by atoms with Gasteiger partial charge < -0.3 is 24.4 Å². The maximum absolute atomic E-state index is 13.7. The molecule has 1 aromatic heterocycles. The fraction of sp³-hybridized carbons (Fsp3) is 0.280. The highest BCUT2D eigenvalue weighted by molar-refractivity contribution is 7.13. The van der Waals surface area contributed by atoms with Crippen LogP contribution >= 0.6 is 11.3 Å². The first-order valence-electron chi connectivity index (χ1n) is 11.1. The van der Waals surface area contributed by atoms with Crippen LogP contribution in [0.5, 0.6) is 11.5 Å². The van der Waals surface area contributed by atoms with Crippen molar-refractivity contribution >= 4 is 34.3 Å². The van der Waals surface area contributed by atoms with E-state index in [1.807, 2.05) is 18.2 Å². The van der Waals surface area contributed by atoms with Crippen molar-refractivity contribution in [2.75, 3.05) is 25.8 Å². The molecule has 35 heavy (non-hydrogen) atoms. The molecule has 0 saturated carbocycles. The monoisotopic (exact) mass is 493 g/mol. The summed E-state index contributed by atoms with van der Waals surface area (Å²) in [5.41, 5.74) is 2.39. The summed E-state index contributed by atoms with van der Waals surface area (Å²) in [6.45, 7) is 2.16. The molecule has 180 valence electrons. The summed E-state index contributed by atoms with van der Waals surface area (Å²) in [6.07, 6.45) is 0.0313. The SMILES string of the molecule is CCOC(=O)Cc1csc(NC(=O)[C@H]2c3ccccc3C(=O)N(C)[C@@H]2c2ccc3c(c2)OCO3)n1. The van der Waals surface area contributed by atoms with Crippen molar-refractivity contribution in [3.63, 3.8) is 0 Å². The molecule has 2 amide bonds. The lowest BCUT2D eigenvalue weighted by Gasteiger charge is -2.39. The lowest BCUT2D eigenvalue weighted by atomic mass is 9.79. The molecule has 0 spiro atoms. The van der Waals surface area contributed by atoms with Crippen molar-refractivity contribution in [3.8, 4) is 11.5 Å². The Morgan fingerprint density at radius 2 is 2.00 bits per heavy atom. The molecule has 0 unspecified atom stereocenters. The first-order valence-corrected chi connectivity index (χ1v) is 12.0. The Hall–Kier alpha value is -3.92. The van der Waals surface area contributed by atoms with Gasteiger partial charge in [-0.1, -0.05) is 24.3 Å². The number of rotatable bonds is 6. The number of aromatic nitrogens is 1. The summed E-state index contributed by atoms with van der Waals surface area (Å²) in [7, 11) is 1.69. The van der Waals surface area contributed by atoms with Gasteiger partial charge in [-0.05, 0) is 36.2 Å². The molecule has 9 nitrogen and oxygen atoms in total. The minimum Gasteiger partial charge on any atom is -0.466 e. The molecule has 2 aromatic carbocycles. The van der Waals surface area contributed by atoms with Crippen LogP contribution in [0.1, 0.15) is 46.1 Å².